The minimum atomic E-state index is -0.207. The van der Waals surface area contributed by atoms with Crippen LogP contribution in [0.5, 0.6) is 0 Å². The molecular formula is C27H27N7O. The third-order valence-corrected chi connectivity index (χ3v) is 6.90. The Kier molecular flexibility index (Phi) is 5.28. The summed E-state index contributed by atoms with van der Waals surface area (Å²) >= 11 is 0. The van der Waals surface area contributed by atoms with Gasteiger partial charge in [0.25, 0.3) is 5.91 Å². The fourth-order valence-electron chi connectivity index (χ4n) is 5.12. The summed E-state index contributed by atoms with van der Waals surface area (Å²) in [5.74, 6) is 0.616. The number of hydrogen-bond donors (Lipinski definition) is 3. The molecule has 1 aromatic carbocycles. The lowest BCUT2D eigenvalue weighted by Gasteiger charge is -2.16. The van der Waals surface area contributed by atoms with Gasteiger partial charge in [-0.3, -0.25) is 9.89 Å². The zero-order chi connectivity index (χ0) is 23.9. The van der Waals surface area contributed by atoms with Gasteiger partial charge in [-0.2, -0.15) is 5.10 Å². The lowest BCUT2D eigenvalue weighted by molar-refractivity contribution is 0.0938. The maximum absolute atomic E-state index is 12.8. The number of aromatic nitrogens is 6. The van der Waals surface area contributed by atoms with Gasteiger partial charge >= 0.3 is 0 Å². The van der Waals surface area contributed by atoms with Crippen LogP contribution in [0.2, 0.25) is 0 Å². The first kappa shape index (κ1) is 21.5. The Labute approximate surface area is 202 Å². The zero-order valence-electron chi connectivity index (χ0n) is 19.9. The van der Waals surface area contributed by atoms with E-state index in [2.05, 4.69) is 30.5 Å². The molecule has 0 radical (unpaired) electrons. The third kappa shape index (κ3) is 3.84. The predicted molar refractivity (Wildman–Crippen MR) is 135 cm³/mol. The summed E-state index contributed by atoms with van der Waals surface area (Å²) in [6, 6.07) is 7.54. The second kappa shape index (κ2) is 8.61. The maximum Gasteiger partial charge on any atom is 0.251 e. The van der Waals surface area contributed by atoms with Crippen molar-refractivity contribution in [2.45, 2.75) is 52.0 Å². The van der Waals surface area contributed by atoms with Gasteiger partial charge in [0.1, 0.15) is 5.82 Å². The summed E-state index contributed by atoms with van der Waals surface area (Å²) in [6.45, 7) is 3.86. The number of amides is 1. The first-order valence-electron chi connectivity index (χ1n) is 12.1. The van der Waals surface area contributed by atoms with Gasteiger partial charge in [-0.05, 0) is 62.8 Å². The van der Waals surface area contributed by atoms with E-state index in [1.807, 2.05) is 50.5 Å². The third-order valence-electron chi connectivity index (χ3n) is 6.90. The molecule has 4 heterocycles. The standard InChI is InChI=1S/C27H27N7O/c1-15-12-28-25(31-15)16(2)32-27(35)18-10-8-17(9-11-18)24-20-7-5-3-4-6-19(20)23-21-13-30-34-26(21)29-14-22(23)33-24/h8-14,16H,3-7H2,1-2H3,(H,28,31)(H,32,35)(H,29,30,34). The second-order valence-corrected chi connectivity index (χ2v) is 9.35. The first-order valence-corrected chi connectivity index (χ1v) is 12.1. The van der Waals surface area contributed by atoms with E-state index in [-0.39, 0.29) is 11.9 Å². The average Bonchev–Trinajstić information content (AvgIpc) is 3.46. The number of aromatic amines is 2. The number of fused-ring (bicyclic) bond motifs is 5. The van der Waals surface area contributed by atoms with E-state index in [1.165, 1.54) is 29.4 Å². The molecule has 35 heavy (non-hydrogen) atoms. The summed E-state index contributed by atoms with van der Waals surface area (Å²) in [5, 5.41) is 12.4. The highest BCUT2D eigenvalue weighted by Gasteiger charge is 2.21. The van der Waals surface area contributed by atoms with Crippen LogP contribution in [0.1, 0.15) is 65.2 Å². The number of imidazole rings is 1. The summed E-state index contributed by atoms with van der Waals surface area (Å²) < 4.78 is 0. The van der Waals surface area contributed by atoms with Crippen molar-refractivity contribution in [3.8, 4) is 11.3 Å². The normalized spacial score (nSPS) is 14.6. The van der Waals surface area contributed by atoms with Crippen LogP contribution in [-0.4, -0.2) is 36.0 Å². The lowest BCUT2D eigenvalue weighted by Crippen LogP contribution is -2.27. The highest BCUT2D eigenvalue weighted by atomic mass is 16.1. The monoisotopic (exact) mass is 465 g/mol. The molecule has 6 rings (SSSR count). The Hall–Kier alpha value is -4.07. The van der Waals surface area contributed by atoms with E-state index >= 15 is 0 Å². The van der Waals surface area contributed by atoms with E-state index in [0.717, 1.165) is 58.6 Å². The van der Waals surface area contributed by atoms with Crippen LogP contribution >= 0.6 is 0 Å². The van der Waals surface area contributed by atoms with Crippen LogP contribution in [0.4, 0.5) is 0 Å². The Balaban J connectivity index is 1.36. The Bertz CT molecular complexity index is 1550. The van der Waals surface area contributed by atoms with Crippen molar-refractivity contribution in [2.24, 2.45) is 0 Å². The minimum Gasteiger partial charge on any atom is -0.344 e. The van der Waals surface area contributed by atoms with Gasteiger partial charge in [0.05, 0.1) is 29.6 Å². The SMILES string of the molecule is Cc1cnc(C(C)NC(=O)c2ccc(-c3nc4cnc5[nH]ncc5c4c4c3CCCCC4)cc2)[nH]1. The number of carbonyl (C=O) groups excluding carboxylic acids is 1. The molecule has 1 atom stereocenters. The van der Waals surface area contributed by atoms with Gasteiger partial charge in [-0.1, -0.05) is 18.6 Å². The molecule has 5 aromatic rings. The van der Waals surface area contributed by atoms with Crippen molar-refractivity contribution in [1.29, 1.82) is 0 Å². The zero-order valence-corrected chi connectivity index (χ0v) is 19.9. The Morgan fingerprint density at radius 2 is 1.80 bits per heavy atom. The molecule has 8 nitrogen and oxygen atoms in total. The number of hydrogen-bond acceptors (Lipinski definition) is 5. The van der Waals surface area contributed by atoms with Crippen LogP contribution in [-0.2, 0) is 12.8 Å². The van der Waals surface area contributed by atoms with Gasteiger partial charge < -0.3 is 10.3 Å². The van der Waals surface area contributed by atoms with Crippen molar-refractivity contribution < 1.29 is 4.79 Å². The van der Waals surface area contributed by atoms with E-state index in [9.17, 15) is 4.79 Å². The number of benzene rings is 1. The van der Waals surface area contributed by atoms with Crippen LogP contribution < -0.4 is 5.32 Å². The number of carbonyl (C=O) groups is 1. The summed E-state index contributed by atoms with van der Waals surface area (Å²) in [7, 11) is 0. The van der Waals surface area contributed by atoms with E-state index in [1.54, 1.807) is 6.20 Å². The molecule has 0 saturated heterocycles. The van der Waals surface area contributed by atoms with Gasteiger partial charge in [-0.15, -0.1) is 0 Å². The molecule has 0 bridgehead atoms. The fraction of sp³-hybridized carbons (Fsp3) is 0.296. The fourth-order valence-corrected chi connectivity index (χ4v) is 5.12. The molecule has 0 spiro atoms. The number of nitrogens with zero attached hydrogens (tertiary/aromatic N) is 4. The molecule has 0 saturated carbocycles. The largest absolute Gasteiger partial charge is 0.344 e. The topological polar surface area (TPSA) is 112 Å². The molecular weight excluding hydrogens is 438 g/mol. The van der Waals surface area contributed by atoms with Gasteiger partial charge in [0.15, 0.2) is 5.65 Å². The molecule has 1 unspecified atom stereocenters. The second-order valence-electron chi connectivity index (χ2n) is 9.35. The van der Waals surface area contributed by atoms with Crippen molar-refractivity contribution >= 4 is 27.8 Å². The lowest BCUT2D eigenvalue weighted by atomic mass is 9.93. The van der Waals surface area contributed by atoms with Gasteiger partial charge in [0.2, 0.25) is 0 Å². The Morgan fingerprint density at radius 3 is 2.57 bits per heavy atom. The molecule has 1 aliphatic carbocycles. The number of pyridine rings is 2. The van der Waals surface area contributed by atoms with E-state index in [0.29, 0.717) is 5.56 Å². The summed E-state index contributed by atoms with van der Waals surface area (Å²) in [6.07, 6.45) is 11.0. The maximum atomic E-state index is 12.8. The van der Waals surface area contributed by atoms with Gasteiger partial charge in [0, 0.05) is 33.8 Å². The predicted octanol–water partition coefficient (Wildman–Crippen LogP) is 4.96. The van der Waals surface area contributed by atoms with Crippen molar-refractivity contribution in [3.63, 3.8) is 0 Å². The highest BCUT2D eigenvalue weighted by Crippen LogP contribution is 2.36. The molecule has 176 valence electrons. The molecule has 0 aliphatic heterocycles. The molecule has 4 aromatic heterocycles. The van der Waals surface area contributed by atoms with Crippen molar-refractivity contribution in [1.82, 2.24) is 35.5 Å². The molecule has 1 amide bonds. The highest BCUT2D eigenvalue weighted by molar-refractivity contribution is 6.06. The number of rotatable bonds is 4. The molecule has 3 N–H and O–H groups in total. The van der Waals surface area contributed by atoms with Crippen LogP contribution in [0.3, 0.4) is 0 Å². The number of H-pyrrole nitrogens is 2. The van der Waals surface area contributed by atoms with E-state index in [4.69, 9.17) is 4.98 Å². The Morgan fingerprint density at radius 1 is 1.00 bits per heavy atom. The average molecular weight is 466 g/mol. The molecule has 8 heteroatoms. The van der Waals surface area contributed by atoms with Crippen LogP contribution in [0.25, 0.3) is 33.2 Å². The smallest absolute Gasteiger partial charge is 0.251 e. The minimum absolute atomic E-state index is 0.130. The molecule has 1 aliphatic rings. The molecule has 0 fully saturated rings. The van der Waals surface area contributed by atoms with Crippen molar-refractivity contribution in [3.05, 3.63) is 71.1 Å². The van der Waals surface area contributed by atoms with Crippen LogP contribution in [0.15, 0.2) is 42.9 Å². The van der Waals surface area contributed by atoms with Crippen molar-refractivity contribution in [2.75, 3.05) is 0 Å². The van der Waals surface area contributed by atoms with Gasteiger partial charge in [-0.25, -0.2) is 15.0 Å². The number of nitrogens with one attached hydrogen (secondary N) is 3. The summed E-state index contributed by atoms with van der Waals surface area (Å²) in [4.78, 5) is 29.9. The number of aryl methyl sites for hydroxylation is 2. The quantitative estimate of drug-likeness (QED) is 0.325. The van der Waals surface area contributed by atoms with Crippen LogP contribution in [0, 0.1) is 6.92 Å². The first-order chi connectivity index (χ1) is 17.1. The van der Waals surface area contributed by atoms with E-state index < -0.39 is 0 Å². The summed E-state index contributed by atoms with van der Waals surface area (Å²) in [5.41, 5.74) is 7.94.